The Morgan fingerprint density at radius 1 is 1.26 bits per heavy atom. The first-order valence-corrected chi connectivity index (χ1v) is 8.38. The van der Waals surface area contributed by atoms with Gasteiger partial charge in [0.2, 0.25) is 5.13 Å². The van der Waals surface area contributed by atoms with E-state index < -0.39 is 0 Å². The number of nitrogens with zero attached hydrogens (tertiary/aromatic N) is 2. The van der Waals surface area contributed by atoms with Crippen LogP contribution in [0.15, 0.2) is 0 Å². The summed E-state index contributed by atoms with van der Waals surface area (Å²) in [5.74, 6) is 1.78. The molecule has 0 saturated heterocycles. The van der Waals surface area contributed by atoms with Crippen molar-refractivity contribution in [2.45, 2.75) is 77.7 Å². The van der Waals surface area contributed by atoms with E-state index in [9.17, 15) is 0 Å². The molecular weight excluding hydrogens is 254 g/mol. The predicted molar refractivity (Wildman–Crippen MR) is 82.9 cm³/mol. The third-order valence-corrected chi connectivity index (χ3v) is 4.71. The van der Waals surface area contributed by atoms with Gasteiger partial charge in [-0.2, -0.15) is 4.37 Å². The second kappa shape index (κ2) is 6.21. The van der Waals surface area contributed by atoms with E-state index in [0.717, 1.165) is 16.9 Å². The van der Waals surface area contributed by atoms with Crippen LogP contribution in [0.2, 0.25) is 0 Å². The van der Waals surface area contributed by atoms with Crippen LogP contribution in [0.5, 0.6) is 0 Å². The van der Waals surface area contributed by atoms with E-state index >= 15 is 0 Å². The summed E-state index contributed by atoms with van der Waals surface area (Å²) >= 11 is 1.51. The Morgan fingerprint density at radius 2 is 1.95 bits per heavy atom. The van der Waals surface area contributed by atoms with Crippen molar-refractivity contribution in [1.29, 1.82) is 0 Å². The van der Waals surface area contributed by atoms with Gasteiger partial charge in [-0.25, -0.2) is 4.98 Å². The van der Waals surface area contributed by atoms with Crippen molar-refractivity contribution in [2.24, 2.45) is 5.92 Å². The lowest BCUT2D eigenvalue weighted by Crippen LogP contribution is -2.30. The van der Waals surface area contributed by atoms with Crippen molar-refractivity contribution in [3.8, 4) is 0 Å². The van der Waals surface area contributed by atoms with Gasteiger partial charge in [-0.1, -0.05) is 47.0 Å². The van der Waals surface area contributed by atoms with Crippen molar-refractivity contribution in [3.05, 3.63) is 5.82 Å². The van der Waals surface area contributed by atoms with Gasteiger partial charge in [-0.05, 0) is 25.2 Å². The molecule has 1 aliphatic rings. The maximum atomic E-state index is 4.66. The molecular formula is C15H27N3S. The molecule has 1 aromatic rings. The molecule has 19 heavy (non-hydrogen) atoms. The van der Waals surface area contributed by atoms with Crippen LogP contribution in [-0.2, 0) is 5.41 Å². The first-order valence-electron chi connectivity index (χ1n) is 7.61. The maximum Gasteiger partial charge on any atom is 0.202 e. The summed E-state index contributed by atoms with van der Waals surface area (Å²) in [4.78, 5) is 4.66. The van der Waals surface area contributed by atoms with E-state index in [4.69, 9.17) is 0 Å². The molecule has 1 aromatic heterocycles. The lowest BCUT2D eigenvalue weighted by atomic mass is 9.83. The number of hydrogen-bond donors (Lipinski definition) is 1. The fourth-order valence-corrected chi connectivity index (χ4v) is 3.65. The minimum Gasteiger partial charge on any atom is -0.357 e. The van der Waals surface area contributed by atoms with E-state index in [-0.39, 0.29) is 5.41 Å². The summed E-state index contributed by atoms with van der Waals surface area (Å²) in [5, 5.41) is 4.64. The Morgan fingerprint density at radius 3 is 2.47 bits per heavy atom. The van der Waals surface area contributed by atoms with Crippen molar-refractivity contribution < 1.29 is 0 Å². The molecule has 108 valence electrons. The molecule has 1 heterocycles. The van der Waals surface area contributed by atoms with Gasteiger partial charge in [-0.15, -0.1) is 0 Å². The molecule has 0 amide bonds. The Balaban J connectivity index is 1.99. The summed E-state index contributed by atoms with van der Waals surface area (Å²) < 4.78 is 4.49. The zero-order chi connectivity index (χ0) is 13.9. The highest BCUT2D eigenvalue weighted by atomic mass is 32.1. The van der Waals surface area contributed by atoms with E-state index in [2.05, 4.69) is 42.4 Å². The molecule has 1 aliphatic carbocycles. The highest BCUT2D eigenvalue weighted by Crippen LogP contribution is 2.30. The Hall–Kier alpha value is -0.640. The van der Waals surface area contributed by atoms with Crippen LogP contribution >= 0.6 is 11.5 Å². The number of anilines is 1. The second-order valence-corrected chi connectivity index (χ2v) is 7.48. The molecule has 0 aromatic carbocycles. The van der Waals surface area contributed by atoms with Crippen molar-refractivity contribution in [2.75, 3.05) is 5.32 Å². The first kappa shape index (κ1) is 14.8. The molecule has 1 N–H and O–H groups in total. The van der Waals surface area contributed by atoms with E-state index in [1.807, 2.05) is 0 Å². The molecule has 0 spiro atoms. The van der Waals surface area contributed by atoms with Crippen LogP contribution < -0.4 is 5.32 Å². The monoisotopic (exact) mass is 281 g/mol. The molecule has 0 aliphatic heterocycles. The summed E-state index contributed by atoms with van der Waals surface area (Å²) in [6.07, 6.45) is 8.13. The van der Waals surface area contributed by atoms with Crippen LogP contribution in [0.3, 0.4) is 0 Å². The molecule has 1 fully saturated rings. The number of nitrogens with one attached hydrogen (secondary N) is 1. The summed E-state index contributed by atoms with van der Waals surface area (Å²) in [6, 6.07) is 0.570. The average Bonchev–Trinajstić information content (AvgIpc) is 2.85. The van der Waals surface area contributed by atoms with E-state index in [0.29, 0.717) is 6.04 Å². The maximum absolute atomic E-state index is 4.66. The van der Waals surface area contributed by atoms with Gasteiger partial charge in [0.25, 0.3) is 0 Å². The van der Waals surface area contributed by atoms with E-state index in [1.54, 1.807) is 0 Å². The number of aromatic nitrogens is 2. The third kappa shape index (κ3) is 3.91. The minimum absolute atomic E-state index is 0.0446. The van der Waals surface area contributed by atoms with Crippen molar-refractivity contribution >= 4 is 16.7 Å². The zero-order valence-corrected chi connectivity index (χ0v) is 13.5. The van der Waals surface area contributed by atoms with Crippen LogP contribution in [0.1, 0.15) is 72.0 Å². The minimum atomic E-state index is 0.0446. The fourth-order valence-electron chi connectivity index (χ4n) is 2.84. The first-order chi connectivity index (χ1) is 9.00. The molecule has 0 bridgehead atoms. The Kier molecular flexibility index (Phi) is 4.82. The smallest absolute Gasteiger partial charge is 0.202 e. The molecule has 4 heteroatoms. The molecule has 3 nitrogen and oxygen atoms in total. The fraction of sp³-hybridized carbons (Fsp3) is 0.867. The van der Waals surface area contributed by atoms with Crippen molar-refractivity contribution in [3.63, 3.8) is 0 Å². The largest absolute Gasteiger partial charge is 0.357 e. The third-order valence-electron chi connectivity index (χ3n) is 4.06. The van der Waals surface area contributed by atoms with Crippen LogP contribution in [0.4, 0.5) is 5.13 Å². The molecule has 1 saturated carbocycles. The van der Waals surface area contributed by atoms with Gasteiger partial charge in [0.05, 0.1) is 0 Å². The lowest BCUT2D eigenvalue weighted by Gasteiger charge is -2.30. The summed E-state index contributed by atoms with van der Waals surface area (Å²) in [7, 11) is 0. The Bertz CT molecular complexity index is 388. The van der Waals surface area contributed by atoms with Crippen LogP contribution in [0, 0.1) is 5.92 Å². The number of rotatable bonds is 4. The molecule has 1 unspecified atom stereocenters. The van der Waals surface area contributed by atoms with E-state index in [1.165, 1.54) is 50.1 Å². The molecule has 2 rings (SSSR count). The second-order valence-electron chi connectivity index (χ2n) is 6.73. The van der Waals surface area contributed by atoms with Gasteiger partial charge < -0.3 is 5.32 Å². The van der Waals surface area contributed by atoms with Gasteiger partial charge >= 0.3 is 0 Å². The topological polar surface area (TPSA) is 37.8 Å². The lowest BCUT2D eigenvalue weighted by molar-refractivity contribution is 0.313. The van der Waals surface area contributed by atoms with Gasteiger partial charge in [0.1, 0.15) is 5.82 Å². The zero-order valence-electron chi connectivity index (χ0n) is 12.7. The average molecular weight is 281 g/mol. The van der Waals surface area contributed by atoms with Gasteiger partial charge in [0.15, 0.2) is 0 Å². The predicted octanol–water partition coefficient (Wildman–Crippen LogP) is 4.61. The normalized spacial score (nSPS) is 19.4. The highest BCUT2D eigenvalue weighted by Gasteiger charge is 2.24. The SMILES string of the molecule is CCC(Nc1nc(C(C)(C)C)ns1)C1CCCCC1. The van der Waals surface area contributed by atoms with Crippen molar-refractivity contribution in [1.82, 2.24) is 9.36 Å². The summed E-state index contributed by atoms with van der Waals surface area (Å²) in [5.41, 5.74) is 0.0446. The molecule has 1 atom stereocenters. The van der Waals surface area contributed by atoms with Gasteiger partial charge in [0, 0.05) is 23.0 Å². The van der Waals surface area contributed by atoms with Gasteiger partial charge in [-0.3, -0.25) is 0 Å². The van der Waals surface area contributed by atoms with Crippen LogP contribution in [0.25, 0.3) is 0 Å². The quantitative estimate of drug-likeness (QED) is 0.876. The summed E-state index contributed by atoms with van der Waals surface area (Å²) in [6.45, 7) is 8.77. The van der Waals surface area contributed by atoms with Crippen LogP contribution in [-0.4, -0.2) is 15.4 Å². The Labute approximate surface area is 121 Å². The number of hydrogen-bond acceptors (Lipinski definition) is 4. The highest BCUT2D eigenvalue weighted by molar-refractivity contribution is 7.09. The standard InChI is InChI=1S/C15H27N3S/c1-5-12(11-9-7-6-8-10-11)16-14-17-13(18-19-14)15(2,3)4/h11-12H,5-10H2,1-4H3,(H,16,17,18). The molecule has 0 radical (unpaired) electrons.